The lowest BCUT2D eigenvalue weighted by atomic mass is 10.1. The van der Waals surface area contributed by atoms with E-state index in [1.165, 1.54) is 4.90 Å². The van der Waals surface area contributed by atoms with Gasteiger partial charge >= 0.3 is 6.18 Å². The minimum Gasteiger partial charge on any atom is -0.467 e. The average Bonchev–Trinajstić information content (AvgIpc) is 3.09. The summed E-state index contributed by atoms with van der Waals surface area (Å²) in [6.07, 6.45) is -1.76. The van der Waals surface area contributed by atoms with E-state index in [9.17, 15) is 13.2 Å². The van der Waals surface area contributed by atoms with Crippen LogP contribution in [0.5, 0.6) is 0 Å². The smallest absolute Gasteiger partial charge is 0.401 e. The Kier molecular flexibility index (Phi) is 8.17. The molecule has 0 amide bonds. The monoisotopic (exact) mass is 446 g/mol. The zero-order valence-corrected chi connectivity index (χ0v) is 15.2. The molecular weight excluding hydrogens is 424 g/mol. The molecule has 2 N–H and O–H groups in total. The topological polar surface area (TPSA) is 52.8 Å². The van der Waals surface area contributed by atoms with Gasteiger partial charge in [0.2, 0.25) is 0 Å². The maximum atomic E-state index is 12.3. The Hall–Kier alpha value is -0.970. The molecule has 1 atom stereocenters. The minimum absolute atomic E-state index is 0. The number of rotatable bonds is 5. The van der Waals surface area contributed by atoms with E-state index >= 15 is 0 Å². The van der Waals surface area contributed by atoms with Gasteiger partial charge in [-0.3, -0.25) is 9.89 Å². The van der Waals surface area contributed by atoms with Gasteiger partial charge in [-0.15, -0.1) is 24.0 Å². The third-order valence-electron chi connectivity index (χ3n) is 3.56. The van der Waals surface area contributed by atoms with Crippen molar-refractivity contribution in [3.8, 4) is 0 Å². The fraction of sp³-hybridized carbons (Fsp3) is 0.643. The first-order valence-corrected chi connectivity index (χ1v) is 7.22. The fourth-order valence-corrected chi connectivity index (χ4v) is 2.52. The summed E-state index contributed by atoms with van der Waals surface area (Å²) in [5.41, 5.74) is 0. The molecule has 23 heavy (non-hydrogen) atoms. The lowest BCUT2D eigenvalue weighted by Crippen LogP contribution is -2.40. The molecular formula is C14H22F3IN4O. The first-order valence-electron chi connectivity index (χ1n) is 7.22. The van der Waals surface area contributed by atoms with Crippen LogP contribution in [0.25, 0.3) is 0 Å². The van der Waals surface area contributed by atoms with Crippen LogP contribution in [-0.4, -0.2) is 50.3 Å². The summed E-state index contributed by atoms with van der Waals surface area (Å²) < 4.78 is 42.2. The number of nitrogens with one attached hydrogen (secondary N) is 2. The molecule has 0 aliphatic carbocycles. The third-order valence-corrected chi connectivity index (χ3v) is 3.56. The van der Waals surface area contributed by atoms with E-state index < -0.39 is 12.7 Å². The van der Waals surface area contributed by atoms with Gasteiger partial charge in [0.25, 0.3) is 0 Å². The van der Waals surface area contributed by atoms with Crippen LogP contribution in [0.2, 0.25) is 0 Å². The Morgan fingerprint density at radius 2 is 2.22 bits per heavy atom. The lowest BCUT2D eigenvalue weighted by molar-refractivity contribution is -0.143. The number of nitrogens with zero attached hydrogens (tertiary/aromatic N) is 2. The molecule has 1 aromatic heterocycles. The SMILES string of the molecule is CN=C(NCc1ccco1)NCC1CCN(CC(F)(F)F)C1.I. The predicted molar refractivity (Wildman–Crippen MR) is 92.9 cm³/mol. The maximum absolute atomic E-state index is 12.3. The van der Waals surface area contributed by atoms with Crippen LogP contribution in [0.4, 0.5) is 13.2 Å². The van der Waals surface area contributed by atoms with Crippen LogP contribution in [0.1, 0.15) is 12.2 Å². The largest absolute Gasteiger partial charge is 0.467 e. The molecule has 1 saturated heterocycles. The predicted octanol–water partition coefficient (Wildman–Crippen LogP) is 2.45. The van der Waals surface area contributed by atoms with Crippen LogP contribution < -0.4 is 10.6 Å². The Morgan fingerprint density at radius 3 is 2.83 bits per heavy atom. The number of halogens is 4. The Bertz CT molecular complexity index is 479. The van der Waals surface area contributed by atoms with Crippen LogP contribution in [0, 0.1) is 5.92 Å². The van der Waals surface area contributed by atoms with Gasteiger partial charge in [0.05, 0.1) is 19.4 Å². The first-order chi connectivity index (χ1) is 10.5. The number of furan rings is 1. The zero-order chi connectivity index (χ0) is 16.0. The molecule has 2 heterocycles. The number of hydrogen-bond donors (Lipinski definition) is 2. The highest BCUT2D eigenvalue weighted by molar-refractivity contribution is 14.0. The second-order valence-corrected chi connectivity index (χ2v) is 5.39. The van der Waals surface area contributed by atoms with Crippen molar-refractivity contribution in [2.24, 2.45) is 10.9 Å². The highest BCUT2D eigenvalue weighted by Crippen LogP contribution is 2.22. The molecule has 2 rings (SSSR count). The molecule has 0 spiro atoms. The van der Waals surface area contributed by atoms with Crippen LogP contribution in [0.15, 0.2) is 27.8 Å². The number of aliphatic imine (C=N–C) groups is 1. The summed E-state index contributed by atoms with van der Waals surface area (Å²) >= 11 is 0. The fourth-order valence-electron chi connectivity index (χ4n) is 2.52. The van der Waals surface area contributed by atoms with Crippen molar-refractivity contribution in [3.63, 3.8) is 0 Å². The molecule has 1 aliphatic heterocycles. The molecule has 9 heteroatoms. The van der Waals surface area contributed by atoms with E-state index in [1.54, 1.807) is 19.4 Å². The van der Waals surface area contributed by atoms with Gasteiger partial charge in [-0.05, 0) is 31.0 Å². The molecule has 1 aliphatic rings. The van der Waals surface area contributed by atoms with E-state index in [4.69, 9.17) is 4.42 Å². The number of alkyl halides is 3. The van der Waals surface area contributed by atoms with Gasteiger partial charge in [0.1, 0.15) is 5.76 Å². The normalized spacial score (nSPS) is 19.5. The zero-order valence-electron chi connectivity index (χ0n) is 12.9. The van der Waals surface area contributed by atoms with Crippen molar-refractivity contribution in [1.82, 2.24) is 15.5 Å². The van der Waals surface area contributed by atoms with Crippen LogP contribution in [-0.2, 0) is 6.54 Å². The Balaban J connectivity index is 0.00000264. The van der Waals surface area contributed by atoms with Crippen molar-refractivity contribution in [1.29, 1.82) is 0 Å². The molecule has 0 bridgehead atoms. The van der Waals surface area contributed by atoms with E-state index in [0.717, 1.165) is 12.2 Å². The summed E-state index contributed by atoms with van der Waals surface area (Å²) in [6.45, 7) is 1.24. The molecule has 0 aromatic carbocycles. The summed E-state index contributed by atoms with van der Waals surface area (Å²) in [5.74, 6) is 1.61. The second kappa shape index (κ2) is 9.36. The molecule has 1 aromatic rings. The summed E-state index contributed by atoms with van der Waals surface area (Å²) in [5, 5.41) is 6.24. The number of hydrogen-bond acceptors (Lipinski definition) is 3. The van der Waals surface area contributed by atoms with E-state index in [2.05, 4.69) is 15.6 Å². The van der Waals surface area contributed by atoms with E-state index in [-0.39, 0.29) is 29.9 Å². The van der Waals surface area contributed by atoms with Crippen LogP contribution in [0.3, 0.4) is 0 Å². The highest BCUT2D eigenvalue weighted by Gasteiger charge is 2.34. The average molecular weight is 446 g/mol. The minimum atomic E-state index is -4.12. The third kappa shape index (κ3) is 7.42. The number of guanidine groups is 1. The summed E-state index contributed by atoms with van der Waals surface area (Å²) in [7, 11) is 1.65. The lowest BCUT2D eigenvalue weighted by Gasteiger charge is -2.18. The van der Waals surface area contributed by atoms with Crippen molar-refractivity contribution < 1.29 is 17.6 Å². The summed E-state index contributed by atoms with van der Waals surface area (Å²) in [6, 6.07) is 3.66. The van der Waals surface area contributed by atoms with Crippen LogP contribution >= 0.6 is 24.0 Å². The molecule has 1 unspecified atom stereocenters. The maximum Gasteiger partial charge on any atom is 0.401 e. The quantitative estimate of drug-likeness (QED) is 0.415. The molecule has 0 radical (unpaired) electrons. The molecule has 0 saturated carbocycles. The standard InChI is InChI=1S/C14H21F3N4O.HI/c1-18-13(20-8-12-3-2-6-22-12)19-7-11-4-5-21(9-11)10-14(15,16)17;/h2-3,6,11H,4-5,7-10H2,1H3,(H2,18,19,20);1H. The van der Waals surface area contributed by atoms with Gasteiger partial charge in [0.15, 0.2) is 5.96 Å². The molecule has 5 nitrogen and oxygen atoms in total. The van der Waals surface area contributed by atoms with Crippen molar-refractivity contribution in [2.75, 3.05) is 33.2 Å². The van der Waals surface area contributed by atoms with Gasteiger partial charge in [0, 0.05) is 20.1 Å². The second-order valence-electron chi connectivity index (χ2n) is 5.39. The Morgan fingerprint density at radius 1 is 1.43 bits per heavy atom. The Labute approximate surface area is 150 Å². The van der Waals surface area contributed by atoms with Crippen molar-refractivity contribution in [3.05, 3.63) is 24.2 Å². The van der Waals surface area contributed by atoms with Gasteiger partial charge < -0.3 is 15.1 Å². The highest BCUT2D eigenvalue weighted by atomic mass is 127. The van der Waals surface area contributed by atoms with Crippen molar-refractivity contribution >= 4 is 29.9 Å². The first kappa shape index (κ1) is 20.1. The van der Waals surface area contributed by atoms with Gasteiger partial charge in [-0.25, -0.2) is 0 Å². The van der Waals surface area contributed by atoms with E-state index in [1.807, 2.05) is 6.07 Å². The van der Waals surface area contributed by atoms with Gasteiger partial charge in [-0.1, -0.05) is 0 Å². The van der Waals surface area contributed by atoms with E-state index in [0.29, 0.717) is 32.1 Å². The molecule has 132 valence electrons. The summed E-state index contributed by atoms with van der Waals surface area (Å²) in [4.78, 5) is 5.54. The van der Waals surface area contributed by atoms with Crippen molar-refractivity contribution in [2.45, 2.75) is 19.1 Å². The molecule has 1 fully saturated rings. The van der Waals surface area contributed by atoms with Gasteiger partial charge in [-0.2, -0.15) is 13.2 Å². The number of likely N-dealkylation sites (tertiary alicyclic amines) is 1.